The van der Waals surface area contributed by atoms with E-state index in [9.17, 15) is 0 Å². The fourth-order valence-corrected chi connectivity index (χ4v) is 3.08. The van der Waals surface area contributed by atoms with E-state index in [0.717, 1.165) is 25.8 Å². The van der Waals surface area contributed by atoms with Gasteiger partial charge in [0.05, 0.1) is 0 Å². The van der Waals surface area contributed by atoms with Crippen molar-refractivity contribution in [1.82, 2.24) is 0 Å². The lowest BCUT2D eigenvalue weighted by Gasteiger charge is -2.08. The molecule has 0 fully saturated rings. The van der Waals surface area contributed by atoms with Crippen molar-refractivity contribution in [3.8, 4) is 0 Å². The maximum atomic E-state index is 5.53. The first-order valence-electron chi connectivity index (χ1n) is 12.2. The Morgan fingerprint density at radius 1 is 0.710 bits per heavy atom. The van der Waals surface area contributed by atoms with E-state index < -0.39 is 0 Å². The Bertz CT molecular complexity index is 615. The molecule has 1 nitrogen and oxygen atoms in total. The molecule has 0 bridgehead atoms. The molecule has 2 aromatic rings. The highest BCUT2D eigenvalue weighted by Crippen LogP contribution is 2.23. The molecule has 0 radical (unpaired) electrons. The van der Waals surface area contributed by atoms with Crippen molar-refractivity contribution in [1.29, 1.82) is 0 Å². The van der Waals surface area contributed by atoms with Crippen LogP contribution in [0.1, 0.15) is 91.3 Å². The predicted octanol–water partition coefficient (Wildman–Crippen LogP) is 9.28. The van der Waals surface area contributed by atoms with Crippen molar-refractivity contribution in [2.75, 3.05) is 6.54 Å². The Balaban J connectivity index is -0.000000408. The van der Waals surface area contributed by atoms with Crippen LogP contribution in [0.3, 0.4) is 0 Å². The summed E-state index contributed by atoms with van der Waals surface area (Å²) >= 11 is 0. The second-order valence-corrected chi connectivity index (χ2v) is 6.39. The minimum atomic E-state index is 0.751. The van der Waals surface area contributed by atoms with Crippen LogP contribution in [-0.4, -0.2) is 6.54 Å². The Morgan fingerprint density at radius 2 is 1.16 bits per heavy atom. The number of hydrogen-bond acceptors (Lipinski definition) is 1. The second kappa shape index (κ2) is 25.9. The van der Waals surface area contributed by atoms with Gasteiger partial charge in [0, 0.05) is 0 Å². The maximum absolute atomic E-state index is 5.53. The van der Waals surface area contributed by atoms with Crippen LogP contribution in [-0.2, 0) is 12.8 Å². The number of nitrogens with two attached hydrogens (primary N) is 1. The van der Waals surface area contributed by atoms with E-state index in [1.165, 1.54) is 40.7 Å². The maximum Gasteiger partial charge on any atom is -0.00366 e. The van der Waals surface area contributed by atoms with Gasteiger partial charge >= 0.3 is 0 Å². The van der Waals surface area contributed by atoms with E-state index in [0.29, 0.717) is 0 Å². The molecule has 0 amide bonds. The summed E-state index contributed by atoms with van der Waals surface area (Å²) in [5, 5.41) is 0. The normalized spacial score (nSPS) is 9.71. The van der Waals surface area contributed by atoms with Gasteiger partial charge in [0.1, 0.15) is 0 Å². The summed E-state index contributed by atoms with van der Waals surface area (Å²) in [5.41, 5.74) is 12.8. The van der Waals surface area contributed by atoms with Crippen LogP contribution in [0.2, 0.25) is 0 Å². The summed E-state index contributed by atoms with van der Waals surface area (Å²) < 4.78 is 0. The lowest BCUT2D eigenvalue weighted by molar-refractivity contribution is 0.879. The molecule has 1 heteroatoms. The molecule has 0 aliphatic heterocycles. The molecule has 0 saturated heterocycles. The highest BCUT2D eigenvalue weighted by molar-refractivity contribution is 5.67. The molecule has 2 rings (SSSR count). The van der Waals surface area contributed by atoms with Gasteiger partial charge < -0.3 is 5.73 Å². The molecule has 0 aliphatic rings. The van der Waals surface area contributed by atoms with Crippen LogP contribution in [0, 0.1) is 0 Å². The molecule has 2 N–H and O–H groups in total. The molecule has 31 heavy (non-hydrogen) atoms. The average Bonchev–Trinajstić information content (AvgIpc) is 2.86. The van der Waals surface area contributed by atoms with E-state index in [2.05, 4.69) is 95.5 Å². The number of hydrogen-bond donors (Lipinski definition) is 1. The summed E-state index contributed by atoms with van der Waals surface area (Å²) in [4.78, 5) is 0. The standard InChI is InChI=1S/C13H18.C11H17N.2C2H6.C2H4/c1-4-11(3)13(5-2)12-9-7-6-8-10-12;1-2-5-10-6-3-4-7-11(10)8-9-12;3*1-2/h6-10H,4-5H2,1-3H3;3-4,6-7H,2,5,8-9,12H2,1H3;2*1-2H3;1-2H2/b13-11-;;;;. The number of rotatable bonds is 7. The molecule has 0 spiro atoms. The van der Waals surface area contributed by atoms with E-state index in [4.69, 9.17) is 5.73 Å². The van der Waals surface area contributed by atoms with Crippen molar-refractivity contribution in [2.24, 2.45) is 5.73 Å². The summed E-state index contributed by atoms with van der Waals surface area (Å²) in [6.45, 7) is 23.6. The van der Waals surface area contributed by atoms with E-state index in [-0.39, 0.29) is 0 Å². The first-order chi connectivity index (χ1) is 15.2. The molecular formula is C30H51N. The van der Waals surface area contributed by atoms with Crippen LogP contribution < -0.4 is 5.73 Å². The highest BCUT2D eigenvalue weighted by Gasteiger charge is 2.01. The predicted molar refractivity (Wildman–Crippen MR) is 147 cm³/mol. The van der Waals surface area contributed by atoms with Gasteiger partial charge in [-0.25, -0.2) is 0 Å². The van der Waals surface area contributed by atoms with Crippen LogP contribution in [0.15, 0.2) is 73.3 Å². The number of benzene rings is 2. The molecule has 0 aliphatic carbocycles. The molecule has 2 aromatic carbocycles. The quantitative estimate of drug-likeness (QED) is 0.439. The van der Waals surface area contributed by atoms with Gasteiger partial charge in [0.2, 0.25) is 0 Å². The van der Waals surface area contributed by atoms with Gasteiger partial charge in [-0.2, -0.15) is 0 Å². The fraction of sp³-hybridized carbons (Fsp3) is 0.467. The lowest BCUT2D eigenvalue weighted by atomic mass is 9.97. The SMILES string of the molecule is C=C.CC.CC.CC/C(C)=C(/CC)c1ccccc1.CCCc1ccccc1CCN. The fourth-order valence-electron chi connectivity index (χ4n) is 3.08. The van der Waals surface area contributed by atoms with Gasteiger partial charge in [-0.15, -0.1) is 13.2 Å². The van der Waals surface area contributed by atoms with E-state index in [1.807, 2.05) is 27.7 Å². The molecular weight excluding hydrogens is 374 g/mol. The first-order valence-corrected chi connectivity index (χ1v) is 12.2. The monoisotopic (exact) mass is 425 g/mol. The van der Waals surface area contributed by atoms with Crippen molar-refractivity contribution in [3.05, 3.63) is 90.0 Å². The van der Waals surface area contributed by atoms with Crippen LogP contribution in [0.4, 0.5) is 0 Å². The average molecular weight is 426 g/mol. The molecule has 0 saturated carbocycles. The zero-order chi connectivity index (χ0) is 24.5. The number of aryl methyl sites for hydroxylation is 1. The Hall–Kier alpha value is -2.12. The molecule has 0 unspecified atom stereocenters. The Morgan fingerprint density at radius 3 is 1.55 bits per heavy atom. The van der Waals surface area contributed by atoms with Gasteiger partial charge in [-0.05, 0) is 61.4 Å². The summed E-state index contributed by atoms with van der Waals surface area (Å²) in [6, 6.07) is 19.2. The van der Waals surface area contributed by atoms with Crippen molar-refractivity contribution in [2.45, 2.75) is 87.5 Å². The summed E-state index contributed by atoms with van der Waals surface area (Å²) in [7, 11) is 0. The zero-order valence-corrected chi connectivity index (χ0v) is 21.9. The highest BCUT2D eigenvalue weighted by atomic mass is 14.5. The minimum absolute atomic E-state index is 0.751. The van der Waals surface area contributed by atoms with E-state index >= 15 is 0 Å². The van der Waals surface area contributed by atoms with Gasteiger partial charge in [0.15, 0.2) is 0 Å². The molecule has 0 aromatic heterocycles. The largest absolute Gasteiger partial charge is 0.330 e. The van der Waals surface area contributed by atoms with Gasteiger partial charge in [-0.3, -0.25) is 0 Å². The third-order valence-electron chi connectivity index (χ3n) is 4.57. The molecule has 0 heterocycles. The summed E-state index contributed by atoms with van der Waals surface area (Å²) in [5.74, 6) is 0. The molecule has 0 atom stereocenters. The van der Waals surface area contributed by atoms with Gasteiger partial charge in [0.25, 0.3) is 0 Å². The third kappa shape index (κ3) is 15.3. The lowest BCUT2D eigenvalue weighted by Crippen LogP contribution is -2.05. The smallest absolute Gasteiger partial charge is 0.00366 e. The van der Waals surface area contributed by atoms with Gasteiger partial charge in [-0.1, -0.05) is 115 Å². The van der Waals surface area contributed by atoms with Crippen molar-refractivity contribution in [3.63, 3.8) is 0 Å². The Kier molecular flexibility index (Phi) is 28.0. The van der Waals surface area contributed by atoms with Crippen LogP contribution >= 0.6 is 0 Å². The van der Waals surface area contributed by atoms with Crippen molar-refractivity contribution >= 4 is 5.57 Å². The number of allylic oxidation sites excluding steroid dienone is 2. The van der Waals surface area contributed by atoms with Crippen molar-refractivity contribution < 1.29 is 0 Å². The summed E-state index contributed by atoms with van der Waals surface area (Å²) in [6.07, 6.45) is 5.68. The van der Waals surface area contributed by atoms with E-state index in [1.54, 1.807) is 0 Å². The minimum Gasteiger partial charge on any atom is -0.330 e. The third-order valence-corrected chi connectivity index (χ3v) is 4.57. The van der Waals surface area contributed by atoms with Crippen LogP contribution in [0.5, 0.6) is 0 Å². The Labute approximate surface area is 195 Å². The first kappa shape index (κ1) is 33.5. The topological polar surface area (TPSA) is 26.0 Å². The molecule has 176 valence electrons. The van der Waals surface area contributed by atoms with Crippen LogP contribution in [0.25, 0.3) is 5.57 Å². The zero-order valence-electron chi connectivity index (χ0n) is 21.9. The second-order valence-electron chi connectivity index (χ2n) is 6.39.